The molecule has 0 aliphatic rings. The van der Waals surface area contributed by atoms with Crippen molar-refractivity contribution in [1.82, 2.24) is 14.5 Å². The van der Waals surface area contributed by atoms with Crippen LogP contribution in [0.4, 0.5) is 0 Å². The average molecular weight is 275 g/mol. The van der Waals surface area contributed by atoms with Crippen LogP contribution in [-0.2, 0) is 6.54 Å². The molecule has 2 heterocycles. The highest BCUT2D eigenvalue weighted by molar-refractivity contribution is 5.62. The van der Waals surface area contributed by atoms with E-state index in [0.29, 0.717) is 17.8 Å². The lowest BCUT2D eigenvalue weighted by Crippen LogP contribution is -2.13. The first-order valence-electron chi connectivity index (χ1n) is 6.52. The lowest BCUT2D eigenvalue weighted by molar-refractivity contribution is 0.761. The fraction of sp³-hybridized carbons (Fsp3) is 0.0588. The molecule has 0 fully saturated rings. The van der Waals surface area contributed by atoms with Gasteiger partial charge in [0.25, 0.3) is 5.56 Å². The molecule has 0 aliphatic heterocycles. The van der Waals surface area contributed by atoms with E-state index in [-0.39, 0.29) is 5.56 Å². The molecule has 4 heteroatoms. The van der Waals surface area contributed by atoms with Crippen LogP contribution in [0.5, 0.6) is 0 Å². The maximum absolute atomic E-state index is 12.2. The fourth-order valence-corrected chi connectivity index (χ4v) is 2.20. The summed E-state index contributed by atoms with van der Waals surface area (Å²) in [7, 11) is 0. The van der Waals surface area contributed by atoms with Crippen LogP contribution in [0.3, 0.4) is 0 Å². The van der Waals surface area contributed by atoms with Crippen LogP contribution in [0.1, 0.15) is 11.4 Å². The molecule has 0 radical (unpaired) electrons. The maximum atomic E-state index is 12.2. The molecule has 1 aromatic carbocycles. The fourth-order valence-electron chi connectivity index (χ4n) is 2.20. The zero-order valence-corrected chi connectivity index (χ0v) is 11.3. The second-order valence-electron chi connectivity index (χ2n) is 4.64. The maximum Gasteiger partial charge on any atom is 0.256 e. The molecule has 0 spiro atoms. The Morgan fingerprint density at radius 3 is 2.71 bits per heavy atom. The molecule has 0 amide bonds. The average Bonchev–Trinajstić information content (AvgIpc) is 2.95. The lowest BCUT2D eigenvalue weighted by Gasteiger charge is -2.06. The van der Waals surface area contributed by atoms with Gasteiger partial charge in [-0.25, -0.2) is 4.98 Å². The molecule has 0 bridgehead atoms. The van der Waals surface area contributed by atoms with Gasteiger partial charge in [-0.2, -0.15) is 0 Å². The van der Waals surface area contributed by atoms with Gasteiger partial charge in [0.15, 0.2) is 0 Å². The normalized spacial score (nSPS) is 10.2. The molecule has 102 valence electrons. The van der Waals surface area contributed by atoms with E-state index in [1.54, 1.807) is 12.5 Å². The van der Waals surface area contributed by atoms with Gasteiger partial charge in [-0.05, 0) is 17.7 Å². The predicted molar refractivity (Wildman–Crippen MR) is 81.8 cm³/mol. The molecule has 3 aromatic rings. The number of terminal acetylenes is 1. The van der Waals surface area contributed by atoms with E-state index < -0.39 is 0 Å². The topological polar surface area (TPSA) is 50.7 Å². The van der Waals surface area contributed by atoms with E-state index in [0.717, 1.165) is 11.3 Å². The monoisotopic (exact) mass is 275 g/mol. The van der Waals surface area contributed by atoms with Crippen molar-refractivity contribution in [1.29, 1.82) is 0 Å². The third-order valence-corrected chi connectivity index (χ3v) is 3.26. The minimum Gasteiger partial charge on any atom is -0.324 e. The summed E-state index contributed by atoms with van der Waals surface area (Å²) >= 11 is 0. The molecular weight excluding hydrogens is 262 g/mol. The third-order valence-electron chi connectivity index (χ3n) is 3.26. The Morgan fingerprint density at radius 2 is 2.00 bits per heavy atom. The summed E-state index contributed by atoms with van der Waals surface area (Å²) in [6.45, 7) is 0.490. The molecule has 21 heavy (non-hydrogen) atoms. The molecule has 0 atom stereocenters. The van der Waals surface area contributed by atoms with Crippen molar-refractivity contribution in [2.45, 2.75) is 6.54 Å². The first kappa shape index (κ1) is 12.9. The number of rotatable bonds is 3. The van der Waals surface area contributed by atoms with Crippen LogP contribution in [0.2, 0.25) is 0 Å². The standard InChI is InChI=1S/C17H13N3O/c1-2-15-10-18-12-20(15)11-14-8-9-16(17(21)19-14)13-6-4-3-5-7-13/h1,3-10,12H,11H2,(H,19,21). The zero-order chi connectivity index (χ0) is 14.7. The van der Waals surface area contributed by atoms with E-state index in [1.165, 1.54) is 0 Å². The smallest absolute Gasteiger partial charge is 0.256 e. The van der Waals surface area contributed by atoms with Crippen molar-refractivity contribution in [3.8, 4) is 23.5 Å². The van der Waals surface area contributed by atoms with Crippen LogP contribution >= 0.6 is 0 Å². The second kappa shape index (κ2) is 5.51. The van der Waals surface area contributed by atoms with Gasteiger partial charge < -0.3 is 9.55 Å². The summed E-state index contributed by atoms with van der Waals surface area (Å²) < 4.78 is 1.81. The minimum absolute atomic E-state index is 0.110. The minimum atomic E-state index is -0.110. The van der Waals surface area contributed by atoms with Crippen LogP contribution in [0, 0.1) is 12.3 Å². The highest BCUT2D eigenvalue weighted by Crippen LogP contribution is 2.14. The summed E-state index contributed by atoms with van der Waals surface area (Å²) in [5, 5.41) is 0. The Morgan fingerprint density at radius 1 is 1.19 bits per heavy atom. The highest BCUT2D eigenvalue weighted by Gasteiger charge is 2.05. The molecule has 0 aliphatic carbocycles. The number of benzene rings is 1. The number of nitrogens with zero attached hydrogens (tertiary/aromatic N) is 2. The van der Waals surface area contributed by atoms with Crippen molar-refractivity contribution in [3.05, 3.63) is 76.7 Å². The first-order chi connectivity index (χ1) is 10.3. The quantitative estimate of drug-likeness (QED) is 0.745. The number of aromatic amines is 1. The zero-order valence-electron chi connectivity index (χ0n) is 11.3. The van der Waals surface area contributed by atoms with Crippen molar-refractivity contribution in [3.63, 3.8) is 0 Å². The van der Waals surface area contributed by atoms with E-state index >= 15 is 0 Å². The summed E-state index contributed by atoms with van der Waals surface area (Å²) in [6.07, 6.45) is 8.67. The Labute approximate surface area is 122 Å². The number of pyridine rings is 1. The summed E-state index contributed by atoms with van der Waals surface area (Å²) in [6, 6.07) is 13.3. The SMILES string of the molecule is C#Cc1cncn1Cc1ccc(-c2ccccc2)c(=O)[nH]1. The van der Waals surface area contributed by atoms with E-state index in [4.69, 9.17) is 6.42 Å². The highest BCUT2D eigenvalue weighted by atomic mass is 16.1. The summed E-state index contributed by atoms with van der Waals surface area (Å²) in [4.78, 5) is 19.1. The van der Waals surface area contributed by atoms with Gasteiger partial charge in [0.2, 0.25) is 0 Å². The Hall–Kier alpha value is -3.06. The van der Waals surface area contributed by atoms with Gasteiger partial charge in [-0.3, -0.25) is 4.79 Å². The van der Waals surface area contributed by atoms with Crippen LogP contribution in [-0.4, -0.2) is 14.5 Å². The molecule has 1 N–H and O–H groups in total. The van der Waals surface area contributed by atoms with E-state index in [1.807, 2.05) is 47.0 Å². The number of hydrogen-bond donors (Lipinski definition) is 1. The van der Waals surface area contributed by atoms with Crippen LogP contribution < -0.4 is 5.56 Å². The molecule has 0 saturated heterocycles. The van der Waals surface area contributed by atoms with E-state index in [2.05, 4.69) is 15.9 Å². The number of imidazole rings is 1. The largest absolute Gasteiger partial charge is 0.324 e. The summed E-state index contributed by atoms with van der Waals surface area (Å²) in [5.74, 6) is 2.56. The van der Waals surface area contributed by atoms with Gasteiger partial charge in [0, 0.05) is 11.3 Å². The number of H-pyrrole nitrogens is 1. The van der Waals surface area contributed by atoms with Crippen molar-refractivity contribution >= 4 is 0 Å². The van der Waals surface area contributed by atoms with Gasteiger partial charge in [0.05, 0.1) is 19.1 Å². The Balaban J connectivity index is 1.92. The number of aromatic nitrogens is 3. The Bertz CT molecular complexity index is 853. The van der Waals surface area contributed by atoms with Crippen molar-refractivity contribution in [2.24, 2.45) is 0 Å². The molecule has 0 saturated carbocycles. The molecule has 0 unspecified atom stereocenters. The molecule has 4 nitrogen and oxygen atoms in total. The first-order valence-corrected chi connectivity index (χ1v) is 6.52. The van der Waals surface area contributed by atoms with Crippen molar-refractivity contribution in [2.75, 3.05) is 0 Å². The summed E-state index contributed by atoms with van der Waals surface area (Å²) in [5.41, 5.74) is 2.91. The number of nitrogens with one attached hydrogen (secondary N) is 1. The van der Waals surface area contributed by atoms with Gasteiger partial charge in [0.1, 0.15) is 5.69 Å². The molecular formula is C17H13N3O. The molecule has 2 aromatic heterocycles. The van der Waals surface area contributed by atoms with Gasteiger partial charge in [-0.15, -0.1) is 6.42 Å². The van der Waals surface area contributed by atoms with Gasteiger partial charge in [-0.1, -0.05) is 36.3 Å². The third kappa shape index (κ3) is 2.63. The van der Waals surface area contributed by atoms with Crippen LogP contribution in [0.25, 0.3) is 11.1 Å². The Kier molecular flexibility index (Phi) is 3.40. The van der Waals surface area contributed by atoms with Crippen LogP contribution in [0.15, 0.2) is 59.8 Å². The van der Waals surface area contributed by atoms with Gasteiger partial charge >= 0.3 is 0 Å². The second-order valence-corrected chi connectivity index (χ2v) is 4.64. The predicted octanol–water partition coefficient (Wildman–Crippen LogP) is 2.27. The van der Waals surface area contributed by atoms with Crippen molar-refractivity contribution < 1.29 is 0 Å². The van der Waals surface area contributed by atoms with E-state index in [9.17, 15) is 4.79 Å². The number of hydrogen-bond acceptors (Lipinski definition) is 2. The lowest BCUT2D eigenvalue weighted by atomic mass is 10.1. The molecule has 3 rings (SSSR count).